The molecular weight excluding hydrogens is 411 g/mol. The SMILES string of the molecule is COc1ccc([C@@H](CC(=O)Nc2ccc(F)cc2)N2Cc3ccccc3C2=O)cc1OC. The molecule has 1 atom stereocenters. The summed E-state index contributed by atoms with van der Waals surface area (Å²) in [5.41, 5.74) is 2.79. The van der Waals surface area contributed by atoms with Crippen LogP contribution in [-0.2, 0) is 11.3 Å². The van der Waals surface area contributed by atoms with Gasteiger partial charge in [-0.3, -0.25) is 9.59 Å². The fourth-order valence-electron chi connectivity index (χ4n) is 3.92. The topological polar surface area (TPSA) is 67.9 Å². The van der Waals surface area contributed by atoms with Gasteiger partial charge in [-0.25, -0.2) is 4.39 Å². The third kappa shape index (κ3) is 4.27. The zero-order valence-corrected chi connectivity index (χ0v) is 17.8. The van der Waals surface area contributed by atoms with Gasteiger partial charge in [-0.15, -0.1) is 0 Å². The molecule has 7 heteroatoms. The Balaban J connectivity index is 1.65. The molecule has 0 spiro atoms. The lowest BCUT2D eigenvalue weighted by Gasteiger charge is -2.28. The molecule has 6 nitrogen and oxygen atoms in total. The molecule has 0 unspecified atom stereocenters. The minimum absolute atomic E-state index is 0.0204. The van der Waals surface area contributed by atoms with Gasteiger partial charge in [0.25, 0.3) is 5.91 Å². The van der Waals surface area contributed by atoms with Gasteiger partial charge in [0.15, 0.2) is 11.5 Å². The average molecular weight is 434 g/mol. The summed E-state index contributed by atoms with van der Waals surface area (Å²) in [5.74, 6) is 0.265. The first kappa shape index (κ1) is 21.4. The predicted octanol–water partition coefficient (Wildman–Crippen LogP) is 4.57. The number of benzene rings is 3. The molecule has 1 aliphatic rings. The van der Waals surface area contributed by atoms with E-state index in [1.54, 1.807) is 30.2 Å². The van der Waals surface area contributed by atoms with Gasteiger partial charge in [0.1, 0.15) is 5.82 Å². The molecule has 0 aliphatic carbocycles. The number of nitrogens with one attached hydrogen (secondary N) is 1. The second-order valence-electron chi connectivity index (χ2n) is 7.48. The van der Waals surface area contributed by atoms with Crippen molar-refractivity contribution in [3.8, 4) is 11.5 Å². The first-order chi connectivity index (χ1) is 15.5. The maximum atomic E-state index is 13.2. The molecule has 0 saturated heterocycles. The van der Waals surface area contributed by atoms with Crippen LogP contribution >= 0.6 is 0 Å². The van der Waals surface area contributed by atoms with Crippen LogP contribution in [0.1, 0.15) is 33.9 Å². The van der Waals surface area contributed by atoms with Crippen molar-refractivity contribution in [2.24, 2.45) is 0 Å². The first-order valence-electron chi connectivity index (χ1n) is 10.2. The first-order valence-corrected chi connectivity index (χ1v) is 10.2. The van der Waals surface area contributed by atoms with Crippen molar-refractivity contribution in [3.05, 3.63) is 89.2 Å². The summed E-state index contributed by atoms with van der Waals surface area (Å²) in [4.78, 5) is 27.7. The minimum Gasteiger partial charge on any atom is -0.493 e. The van der Waals surface area contributed by atoms with Gasteiger partial charge in [0.05, 0.1) is 26.7 Å². The number of anilines is 1. The molecule has 2 amide bonds. The molecule has 0 saturated carbocycles. The lowest BCUT2D eigenvalue weighted by Crippen LogP contribution is -2.32. The van der Waals surface area contributed by atoms with E-state index in [4.69, 9.17) is 9.47 Å². The Kier molecular flexibility index (Phi) is 6.07. The number of hydrogen-bond acceptors (Lipinski definition) is 4. The molecule has 1 heterocycles. The monoisotopic (exact) mass is 434 g/mol. The molecular formula is C25H23FN2O4. The van der Waals surface area contributed by atoms with Gasteiger partial charge in [-0.2, -0.15) is 0 Å². The highest BCUT2D eigenvalue weighted by atomic mass is 19.1. The average Bonchev–Trinajstić information content (AvgIpc) is 3.15. The summed E-state index contributed by atoms with van der Waals surface area (Å²) in [5, 5.41) is 2.78. The Hall–Kier alpha value is -3.87. The number of fused-ring (bicyclic) bond motifs is 1. The molecule has 3 aromatic carbocycles. The van der Waals surface area contributed by atoms with Crippen molar-refractivity contribution < 1.29 is 23.5 Å². The Morgan fingerprint density at radius 3 is 2.44 bits per heavy atom. The van der Waals surface area contributed by atoms with E-state index in [1.807, 2.05) is 24.3 Å². The Morgan fingerprint density at radius 2 is 1.75 bits per heavy atom. The van der Waals surface area contributed by atoms with Crippen LogP contribution in [0.5, 0.6) is 11.5 Å². The van der Waals surface area contributed by atoms with E-state index in [9.17, 15) is 14.0 Å². The van der Waals surface area contributed by atoms with Gasteiger partial charge in [0, 0.05) is 17.8 Å². The van der Waals surface area contributed by atoms with E-state index in [0.717, 1.165) is 11.1 Å². The second-order valence-corrected chi connectivity index (χ2v) is 7.48. The van der Waals surface area contributed by atoms with E-state index in [-0.39, 0.29) is 24.1 Å². The zero-order valence-electron chi connectivity index (χ0n) is 17.8. The number of hydrogen-bond donors (Lipinski definition) is 1. The van der Waals surface area contributed by atoms with Gasteiger partial charge in [0.2, 0.25) is 5.91 Å². The third-order valence-corrected chi connectivity index (χ3v) is 5.52. The van der Waals surface area contributed by atoms with Crippen molar-refractivity contribution in [2.75, 3.05) is 19.5 Å². The number of halogens is 1. The Morgan fingerprint density at radius 1 is 1.03 bits per heavy atom. The van der Waals surface area contributed by atoms with Crippen molar-refractivity contribution in [1.82, 2.24) is 4.90 Å². The smallest absolute Gasteiger partial charge is 0.255 e. The van der Waals surface area contributed by atoms with Crippen LogP contribution in [0.25, 0.3) is 0 Å². The predicted molar refractivity (Wildman–Crippen MR) is 118 cm³/mol. The van der Waals surface area contributed by atoms with Gasteiger partial charge in [-0.1, -0.05) is 24.3 Å². The number of methoxy groups -OCH3 is 2. The summed E-state index contributed by atoms with van der Waals surface area (Å²) in [6.45, 7) is 0.401. The molecule has 32 heavy (non-hydrogen) atoms. The van der Waals surface area contributed by atoms with Gasteiger partial charge >= 0.3 is 0 Å². The van der Waals surface area contributed by atoms with Crippen LogP contribution in [0.2, 0.25) is 0 Å². The fourth-order valence-corrected chi connectivity index (χ4v) is 3.92. The van der Waals surface area contributed by atoms with E-state index >= 15 is 0 Å². The summed E-state index contributed by atoms with van der Waals surface area (Å²) >= 11 is 0. The molecule has 0 radical (unpaired) electrons. The maximum absolute atomic E-state index is 13.2. The number of nitrogens with zero attached hydrogens (tertiary/aromatic N) is 1. The standard InChI is InChI=1S/C25H23FN2O4/c1-31-22-12-7-16(13-23(22)32-2)21(14-24(29)27-19-10-8-18(26)9-11-19)28-15-17-5-3-4-6-20(17)25(28)30/h3-13,21H,14-15H2,1-2H3,(H,27,29)/t21-/m1/s1. The molecule has 1 aliphatic heterocycles. The summed E-state index contributed by atoms with van der Waals surface area (Å²) < 4.78 is 23.9. The highest BCUT2D eigenvalue weighted by Crippen LogP contribution is 2.37. The van der Waals surface area contributed by atoms with Crippen molar-refractivity contribution in [3.63, 3.8) is 0 Å². The van der Waals surface area contributed by atoms with Crippen LogP contribution in [-0.4, -0.2) is 30.9 Å². The third-order valence-electron chi connectivity index (χ3n) is 5.52. The summed E-state index contributed by atoms with van der Waals surface area (Å²) in [6, 6.07) is 17.8. The quantitative estimate of drug-likeness (QED) is 0.592. The largest absolute Gasteiger partial charge is 0.493 e. The van der Waals surface area contributed by atoms with Crippen LogP contribution < -0.4 is 14.8 Å². The number of rotatable bonds is 7. The van der Waals surface area contributed by atoms with E-state index in [1.165, 1.54) is 31.4 Å². The second kappa shape index (κ2) is 9.09. The number of carbonyl (C=O) groups excluding carboxylic acids is 2. The van der Waals surface area contributed by atoms with Crippen molar-refractivity contribution in [2.45, 2.75) is 19.0 Å². The molecule has 0 fully saturated rings. The molecule has 0 aromatic heterocycles. The molecule has 4 rings (SSSR count). The number of ether oxygens (including phenoxy) is 2. The lowest BCUT2D eigenvalue weighted by molar-refractivity contribution is -0.117. The van der Waals surface area contributed by atoms with Crippen molar-refractivity contribution >= 4 is 17.5 Å². The lowest BCUT2D eigenvalue weighted by atomic mass is 10.0. The number of amides is 2. The fraction of sp³-hybridized carbons (Fsp3) is 0.200. The van der Waals surface area contributed by atoms with E-state index in [0.29, 0.717) is 29.3 Å². The van der Waals surface area contributed by atoms with E-state index in [2.05, 4.69) is 5.32 Å². The van der Waals surface area contributed by atoms with Crippen molar-refractivity contribution in [1.29, 1.82) is 0 Å². The normalized spacial score (nSPS) is 13.5. The van der Waals surface area contributed by atoms with Gasteiger partial charge < -0.3 is 19.7 Å². The van der Waals surface area contributed by atoms with Crippen LogP contribution in [0.3, 0.4) is 0 Å². The minimum atomic E-state index is -0.532. The zero-order chi connectivity index (χ0) is 22.7. The highest BCUT2D eigenvalue weighted by Gasteiger charge is 2.34. The molecule has 3 aromatic rings. The van der Waals surface area contributed by atoms with Crippen LogP contribution in [0, 0.1) is 5.82 Å². The van der Waals surface area contributed by atoms with Crippen LogP contribution in [0.4, 0.5) is 10.1 Å². The van der Waals surface area contributed by atoms with Gasteiger partial charge in [-0.05, 0) is 53.6 Å². The van der Waals surface area contributed by atoms with Crippen LogP contribution in [0.15, 0.2) is 66.7 Å². The summed E-state index contributed by atoms with van der Waals surface area (Å²) in [7, 11) is 3.08. The summed E-state index contributed by atoms with van der Waals surface area (Å²) in [6.07, 6.45) is 0.0204. The highest BCUT2D eigenvalue weighted by molar-refractivity contribution is 5.99. The maximum Gasteiger partial charge on any atom is 0.255 e. The molecule has 0 bridgehead atoms. The number of carbonyl (C=O) groups is 2. The Bertz CT molecular complexity index is 1150. The Labute approximate surface area is 185 Å². The van der Waals surface area contributed by atoms with E-state index < -0.39 is 6.04 Å². The molecule has 164 valence electrons. The molecule has 1 N–H and O–H groups in total.